The van der Waals surface area contributed by atoms with Gasteiger partial charge in [0.25, 0.3) is 5.91 Å². The number of primary amides is 1. The molecule has 1 unspecified atom stereocenters. The summed E-state index contributed by atoms with van der Waals surface area (Å²) in [4.78, 5) is 24.8. The number of Topliss-reactive ketones (excluding diaryl/α,β-unsaturated/α-hetero) is 1. The normalized spacial score (nSPS) is 25.6. The minimum atomic E-state index is -0.680. The lowest BCUT2D eigenvalue weighted by Gasteiger charge is -2.34. The molecule has 6 heteroatoms. The van der Waals surface area contributed by atoms with E-state index in [1.54, 1.807) is 0 Å². The number of fused-ring (bicyclic) bond motifs is 1. The first-order chi connectivity index (χ1) is 9.48. The van der Waals surface area contributed by atoms with Crippen LogP contribution in [0.5, 0.6) is 0 Å². The Hall–Kier alpha value is -1.40. The first-order valence-electron chi connectivity index (χ1n) is 6.85. The zero-order valence-electron chi connectivity index (χ0n) is 11.1. The Balaban J connectivity index is 2.02. The molecule has 0 bridgehead atoms. The van der Waals surface area contributed by atoms with Crippen LogP contribution < -0.4 is 11.5 Å². The van der Waals surface area contributed by atoms with Crippen LogP contribution in [0.15, 0.2) is 0 Å². The molecule has 1 fully saturated rings. The second-order valence-corrected chi connectivity index (χ2v) is 6.98. The number of nitrogens with two attached hydrogens (primary N) is 2. The molecule has 0 spiro atoms. The molecule has 1 aromatic rings. The van der Waals surface area contributed by atoms with Gasteiger partial charge in [0, 0.05) is 0 Å². The van der Waals surface area contributed by atoms with Gasteiger partial charge in [-0.05, 0) is 30.7 Å². The summed E-state index contributed by atoms with van der Waals surface area (Å²) in [5.74, 6) is -0.0792. The standard InChI is InChI=1S/C14H18N2O3S/c15-12(19)9-8-3-4-14(6-17,5-7-1-2-7)11(18)10(8)20-13(9)16/h7,17H,1-6,16H2,(H2,15,19). The molecule has 5 nitrogen and oxygen atoms in total. The van der Waals surface area contributed by atoms with Gasteiger partial charge in [-0.2, -0.15) is 0 Å². The van der Waals surface area contributed by atoms with Crippen LogP contribution in [0.4, 0.5) is 5.00 Å². The van der Waals surface area contributed by atoms with Gasteiger partial charge in [0.2, 0.25) is 0 Å². The van der Waals surface area contributed by atoms with E-state index in [-0.39, 0.29) is 12.4 Å². The number of aliphatic hydroxyl groups is 1. The van der Waals surface area contributed by atoms with Crippen molar-refractivity contribution >= 4 is 28.0 Å². The third-order valence-electron chi connectivity index (χ3n) is 4.50. The molecule has 1 amide bonds. The summed E-state index contributed by atoms with van der Waals surface area (Å²) in [5.41, 5.74) is 11.5. The molecular weight excluding hydrogens is 276 g/mol. The molecule has 1 atom stereocenters. The zero-order valence-corrected chi connectivity index (χ0v) is 12.0. The Bertz CT molecular complexity index is 591. The van der Waals surface area contributed by atoms with Crippen LogP contribution in [-0.2, 0) is 6.42 Å². The third kappa shape index (κ3) is 1.94. The molecule has 2 aliphatic rings. The van der Waals surface area contributed by atoms with E-state index in [0.717, 1.165) is 30.6 Å². The number of carbonyl (C=O) groups is 2. The molecule has 0 saturated heterocycles. The molecule has 3 rings (SSSR count). The number of carbonyl (C=O) groups excluding carboxylic acids is 2. The second kappa shape index (κ2) is 4.56. The molecule has 0 aromatic carbocycles. The van der Waals surface area contributed by atoms with Crippen molar-refractivity contribution in [1.29, 1.82) is 0 Å². The Morgan fingerprint density at radius 3 is 2.70 bits per heavy atom. The molecule has 2 aliphatic carbocycles. The minimum absolute atomic E-state index is 0.0580. The second-order valence-electron chi connectivity index (χ2n) is 5.93. The first kappa shape index (κ1) is 13.6. The van der Waals surface area contributed by atoms with Crippen LogP contribution in [0.1, 0.15) is 51.3 Å². The van der Waals surface area contributed by atoms with Crippen molar-refractivity contribution in [3.05, 3.63) is 16.0 Å². The van der Waals surface area contributed by atoms with Gasteiger partial charge in [-0.25, -0.2) is 0 Å². The van der Waals surface area contributed by atoms with Gasteiger partial charge < -0.3 is 16.6 Å². The predicted molar refractivity (Wildman–Crippen MR) is 76.8 cm³/mol. The van der Waals surface area contributed by atoms with Crippen LogP contribution in [-0.4, -0.2) is 23.4 Å². The number of nitrogen functional groups attached to an aromatic ring is 1. The van der Waals surface area contributed by atoms with E-state index in [2.05, 4.69) is 0 Å². The number of thiophene rings is 1. The van der Waals surface area contributed by atoms with E-state index in [9.17, 15) is 14.7 Å². The van der Waals surface area contributed by atoms with E-state index in [1.165, 1.54) is 0 Å². The quantitative estimate of drug-likeness (QED) is 0.779. The maximum Gasteiger partial charge on any atom is 0.251 e. The molecule has 1 saturated carbocycles. The van der Waals surface area contributed by atoms with Crippen LogP contribution >= 0.6 is 11.3 Å². The minimum Gasteiger partial charge on any atom is -0.395 e. The smallest absolute Gasteiger partial charge is 0.251 e. The lowest BCUT2D eigenvalue weighted by molar-refractivity contribution is 0.0546. The number of ketones is 1. The number of rotatable bonds is 4. The van der Waals surface area contributed by atoms with E-state index in [0.29, 0.717) is 39.8 Å². The fraction of sp³-hybridized carbons (Fsp3) is 0.571. The lowest BCUT2D eigenvalue weighted by Crippen LogP contribution is -2.39. The number of amides is 1. The third-order valence-corrected chi connectivity index (χ3v) is 5.56. The maximum atomic E-state index is 12.8. The molecule has 20 heavy (non-hydrogen) atoms. The van der Waals surface area contributed by atoms with Crippen LogP contribution in [0, 0.1) is 11.3 Å². The van der Waals surface area contributed by atoms with Gasteiger partial charge in [-0.1, -0.05) is 12.8 Å². The van der Waals surface area contributed by atoms with Gasteiger partial charge in [-0.3, -0.25) is 9.59 Å². The summed E-state index contributed by atoms with van der Waals surface area (Å²) < 4.78 is 0. The van der Waals surface area contributed by atoms with Gasteiger partial charge in [0.15, 0.2) is 5.78 Å². The van der Waals surface area contributed by atoms with E-state index in [4.69, 9.17) is 11.5 Å². The van der Waals surface area contributed by atoms with Crippen molar-refractivity contribution in [3.63, 3.8) is 0 Å². The molecule has 1 heterocycles. The largest absolute Gasteiger partial charge is 0.395 e. The van der Waals surface area contributed by atoms with E-state index in [1.807, 2.05) is 0 Å². The Morgan fingerprint density at radius 1 is 1.45 bits per heavy atom. The summed E-state index contributed by atoms with van der Waals surface area (Å²) in [6.07, 6.45) is 4.18. The van der Waals surface area contributed by atoms with Crippen LogP contribution in [0.25, 0.3) is 0 Å². The molecule has 1 aromatic heterocycles. The van der Waals surface area contributed by atoms with Crippen molar-refractivity contribution in [2.75, 3.05) is 12.3 Å². The van der Waals surface area contributed by atoms with Crippen molar-refractivity contribution in [1.82, 2.24) is 0 Å². The predicted octanol–water partition coefficient (Wildman–Crippen LogP) is 1.34. The van der Waals surface area contributed by atoms with Crippen LogP contribution in [0.2, 0.25) is 0 Å². The average Bonchev–Trinajstić information content (AvgIpc) is 3.14. The van der Waals surface area contributed by atoms with Gasteiger partial charge >= 0.3 is 0 Å². The Labute approximate surface area is 121 Å². The van der Waals surface area contributed by atoms with Gasteiger partial charge in [-0.15, -0.1) is 11.3 Å². The number of hydrogen-bond donors (Lipinski definition) is 3. The van der Waals surface area contributed by atoms with Gasteiger partial charge in [0.05, 0.1) is 27.5 Å². The zero-order chi connectivity index (χ0) is 14.5. The van der Waals surface area contributed by atoms with Crippen molar-refractivity contribution in [2.24, 2.45) is 17.1 Å². The highest BCUT2D eigenvalue weighted by molar-refractivity contribution is 7.18. The van der Waals surface area contributed by atoms with Crippen molar-refractivity contribution in [3.8, 4) is 0 Å². The highest BCUT2D eigenvalue weighted by atomic mass is 32.1. The molecule has 108 valence electrons. The summed E-state index contributed by atoms with van der Waals surface area (Å²) in [6, 6.07) is 0. The number of hydrogen-bond acceptors (Lipinski definition) is 5. The highest BCUT2D eigenvalue weighted by Gasteiger charge is 2.47. The first-order valence-corrected chi connectivity index (χ1v) is 7.67. The monoisotopic (exact) mass is 294 g/mol. The Kier molecular flexibility index (Phi) is 3.10. The van der Waals surface area contributed by atoms with Crippen molar-refractivity contribution < 1.29 is 14.7 Å². The molecule has 0 aliphatic heterocycles. The number of anilines is 1. The van der Waals surface area contributed by atoms with E-state index >= 15 is 0 Å². The molecule has 5 N–H and O–H groups in total. The van der Waals surface area contributed by atoms with Crippen LogP contribution in [0.3, 0.4) is 0 Å². The summed E-state index contributed by atoms with van der Waals surface area (Å²) >= 11 is 1.13. The summed E-state index contributed by atoms with van der Waals surface area (Å²) in [7, 11) is 0. The molecular formula is C14H18N2O3S. The number of aliphatic hydroxyl groups excluding tert-OH is 1. The Morgan fingerprint density at radius 2 is 2.15 bits per heavy atom. The maximum absolute atomic E-state index is 12.8. The lowest BCUT2D eigenvalue weighted by atomic mass is 9.70. The van der Waals surface area contributed by atoms with E-state index < -0.39 is 11.3 Å². The topological polar surface area (TPSA) is 106 Å². The van der Waals surface area contributed by atoms with Gasteiger partial charge in [0.1, 0.15) is 0 Å². The fourth-order valence-electron chi connectivity index (χ4n) is 3.18. The SMILES string of the molecule is NC(=O)c1c(N)sc2c1CCC(CO)(CC1CC1)C2=O. The summed E-state index contributed by atoms with van der Waals surface area (Å²) in [6.45, 7) is -0.133. The molecule has 0 radical (unpaired) electrons. The average molecular weight is 294 g/mol. The highest BCUT2D eigenvalue weighted by Crippen LogP contribution is 2.49. The van der Waals surface area contributed by atoms with Crippen molar-refractivity contribution in [2.45, 2.75) is 32.1 Å². The fourth-order valence-corrected chi connectivity index (χ4v) is 4.36. The summed E-state index contributed by atoms with van der Waals surface area (Å²) in [5, 5.41) is 10.1.